The number of hydrazine groups is 1. The highest BCUT2D eigenvalue weighted by Gasteiger charge is 2.45. The Balaban J connectivity index is 2.25. The maximum Gasteiger partial charge on any atom is 0.162 e. The summed E-state index contributed by atoms with van der Waals surface area (Å²) in [4.78, 5) is 15.5. The van der Waals surface area contributed by atoms with E-state index in [0.29, 0.717) is 17.8 Å². The Bertz CT molecular complexity index is 921. The van der Waals surface area contributed by atoms with E-state index in [4.69, 9.17) is 5.73 Å². The van der Waals surface area contributed by atoms with E-state index in [0.717, 1.165) is 22.6 Å². The zero-order chi connectivity index (χ0) is 21.0. The fourth-order valence-electron chi connectivity index (χ4n) is 4.14. The van der Waals surface area contributed by atoms with Crippen molar-refractivity contribution in [2.75, 3.05) is 14.1 Å². The van der Waals surface area contributed by atoms with Crippen molar-refractivity contribution in [3.8, 4) is 6.07 Å². The number of hydrogen-bond acceptors (Lipinski definition) is 6. The van der Waals surface area contributed by atoms with Crippen LogP contribution in [0.15, 0.2) is 34.8 Å². The average Bonchev–Trinajstić information content (AvgIpc) is 3.01. The molecule has 2 N–H and O–H groups in total. The zero-order valence-corrected chi connectivity index (χ0v) is 18.7. The number of thiophene rings is 1. The fourth-order valence-corrected chi connectivity index (χ4v) is 5.33. The lowest BCUT2D eigenvalue weighted by Gasteiger charge is -2.45. The van der Waals surface area contributed by atoms with Crippen molar-refractivity contribution in [3.63, 3.8) is 0 Å². The third-order valence-corrected chi connectivity index (χ3v) is 6.98. The molecule has 5 nitrogen and oxygen atoms in total. The third kappa shape index (κ3) is 3.38. The number of ketones is 1. The first-order chi connectivity index (χ1) is 12.9. The molecule has 1 aliphatic carbocycles. The topological polar surface area (TPSA) is 73.4 Å². The molecule has 2 aliphatic rings. The first-order valence-corrected chi connectivity index (χ1v) is 10.4. The van der Waals surface area contributed by atoms with Crippen LogP contribution in [0.5, 0.6) is 0 Å². The molecule has 1 atom stereocenters. The van der Waals surface area contributed by atoms with Gasteiger partial charge in [-0.1, -0.05) is 34.6 Å². The van der Waals surface area contributed by atoms with Gasteiger partial charge in [0.05, 0.1) is 17.6 Å². The molecule has 6 heteroatoms. The second-order valence-corrected chi connectivity index (χ2v) is 10.9. The molecule has 2 heterocycles. The van der Waals surface area contributed by atoms with Gasteiger partial charge in [0.1, 0.15) is 5.82 Å². The van der Waals surface area contributed by atoms with Crippen molar-refractivity contribution in [1.29, 1.82) is 5.26 Å². The molecule has 0 saturated carbocycles. The second-order valence-electron chi connectivity index (χ2n) is 9.76. The van der Waals surface area contributed by atoms with Crippen LogP contribution in [0, 0.1) is 16.7 Å². The predicted octanol–water partition coefficient (Wildman–Crippen LogP) is 4.26. The molecule has 0 radical (unpaired) electrons. The van der Waals surface area contributed by atoms with E-state index in [-0.39, 0.29) is 22.5 Å². The Morgan fingerprint density at radius 2 is 1.93 bits per heavy atom. The maximum absolute atomic E-state index is 13.3. The van der Waals surface area contributed by atoms with Crippen molar-refractivity contribution < 1.29 is 4.79 Å². The lowest BCUT2D eigenvalue weighted by molar-refractivity contribution is -0.119. The maximum atomic E-state index is 13.3. The zero-order valence-electron chi connectivity index (χ0n) is 17.9. The standard InChI is InChI=1S/C22H30N4OS/c1-21(2,3)17-9-8-16(28-17)18-13(12-23)20(24)26(25(6)7)14-10-22(4,5)11-15(27)19(14)18/h8-9,18H,10-11,24H2,1-7H3/t18-/m0/s1. The molecular weight excluding hydrogens is 368 g/mol. The van der Waals surface area contributed by atoms with Gasteiger partial charge in [-0.3, -0.25) is 9.80 Å². The van der Waals surface area contributed by atoms with Gasteiger partial charge in [0, 0.05) is 41.5 Å². The Morgan fingerprint density at radius 1 is 1.29 bits per heavy atom. The van der Waals surface area contributed by atoms with Crippen LogP contribution in [0.4, 0.5) is 0 Å². The number of carbonyl (C=O) groups is 1. The molecule has 1 aliphatic heterocycles. The summed E-state index contributed by atoms with van der Waals surface area (Å²) in [5, 5.41) is 13.7. The van der Waals surface area contributed by atoms with Gasteiger partial charge >= 0.3 is 0 Å². The summed E-state index contributed by atoms with van der Waals surface area (Å²) in [6.07, 6.45) is 1.24. The normalized spacial score (nSPS) is 22.6. The number of hydrogen-bond donors (Lipinski definition) is 1. The third-order valence-electron chi connectivity index (χ3n) is 5.40. The van der Waals surface area contributed by atoms with Crippen molar-refractivity contribution in [1.82, 2.24) is 10.0 Å². The summed E-state index contributed by atoms with van der Waals surface area (Å²) in [6, 6.07) is 6.49. The van der Waals surface area contributed by atoms with Crippen LogP contribution >= 0.6 is 11.3 Å². The van der Waals surface area contributed by atoms with Gasteiger partial charge < -0.3 is 5.73 Å². The Kier molecular flexibility index (Phi) is 4.97. The number of nitriles is 1. The number of Topliss-reactive ketones (excluding diaryl/α,β-unsaturated/α-hetero) is 1. The number of rotatable bonds is 2. The average molecular weight is 399 g/mol. The van der Waals surface area contributed by atoms with Crippen molar-refractivity contribution in [2.24, 2.45) is 11.1 Å². The van der Waals surface area contributed by atoms with Crippen LogP contribution in [-0.4, -0.2) is 29.9 Å². The highest BCUT2D eigenvalue weighted by Crippen LogP contribution is 2.50. The highest BCUT2D eigenvalue weighted by molar-refractivity contribution is 7.12. The number of allylic oxidation sites excluding steroid dienone is 3. The minimum atomic E-state index is -0.374. The van der Waals surface area contributed by atoms with Gasteiger partial charge in [0.15, 0.2) is 5.78 Å². The summed E-state index contributed by atoms with van der Waals surface area (Å²) in [5.74, 6) is 0.169. The molecule has 1 aromatic heterocycles. The summed E-state index contributed by atoms with van der Waals surface area (Å²) in [7, 11) is 3.78. The van der Waals surface area contributed by atoms with E-state index < -0.39 is 0 Å². The number of carbonyl (C=O) groups excluding carboxylic acids is 1. The van der Waals surface area contributed by atoms with Crippen LogP contribution in [0.1, 0.15) is 63.1 Å². The molecule has 0 spiro atoms. The minimum absolute atomic E-state index is 0.0189. The van der Waals surface area contributed by atoms with Gasteiger partial charge in [-0.05, 0) is 29.4 Å². The SMILES string of the molecule is CN(C)N1C(N)=C(C#N)[C@@H](c2ccc(C(C)(C)C)s2)C2=C1CC(C)(C)CC2=O. The van der Waals surface area contributed by atoms with Crippen LogP contribution < -0.4 is 5.73 Å². The molecule has 28 heavy (non-hydrogen) atoms. The molecule has 3 rings (SSSR count). The molecule has 0 amide bonds. The molecule has 0 bridgehead atoms. The van der Waals surface area contributed by atoms with Crippen LogP contribution in [0.25, 0.3) is 0 Å². The smallest absolute Gasteiger partial charge is 0.162 e. The molecule has 0 saturated heterocycles. The van der Waals surface area contributed by atoms with Crippen molar-refractivity contribution in [3.05, 3.63) is 44.6 Å². The lowest BCUT2D eigenvalue weighted by atomic mass is 9.70. The monoisotopic (exact) mass is 398 g/mol. The molecule has 150 valence electrons. The van der Waals surface area contributed by atoms with E-state index in [1.54, 1.807) is 11.3 Å². The van der Waals surface area contributed by atoms with Gasteiger partial charge in [-0.2, -0.15) is 5.26 Å². The predicted molar refractivity (Wildman–Crippen MR) is 113 cm³/mol. The Morgan fingerprint density at radius 3 is 2.43 bits per heavy atom. The van der Waals surface area contributed by atoms with E-state index in [1.807, 2.05) is 24.1 Å². The Labute approximate surface area is 172 Å². The number of nitrogens with two attached hydrogens (primary N) is 1. The van der Waals surface area contributed by atoms with Gasteiger partial charge in [-0.25, -0.2) is 5.01 Å². The largest absolute Gasteiger partial charge is 0.383 e. The van der Waals surface area contributed by atoms with E-state index in [1.165, 1.54) is 4.88 Å². The molecule has 0 unspecified atom stereocenters. The molecule has 1 aromatic rings. The van der Waals surface area contributed by atoms with Gasteiger partial charge in [0.2, 0.25) is 0 Å². The first kappa shape index (κ1) is 20.6. The van der Waals surface area contributed by atoms with Crippen LogP contribution in [-0.2, 0) is 10.2 Å². The summed E-state index contributed by atoms with van der Waals surface area (Å²) in [6.45, 7) is 10.7. The van der Waals surface area contributed by atoms with E-state index >= 15 is 0 Å². The first-order valence-electron chi connectivity index (χ1n) is 9.61. The molecular formula is C22H30N4OS. The molecule has 0 aromatic carbocycles. The lowest BCUT2D eigenvalue weighted by Crippen LogP contribution is -2.47. The Hall–Kier alpha value is -2.10. The van der Waals surface area contributed by atoms with Crippen LogP contribution in [0.2, 0.25) is 0 Å². The second kappa shape index (κ2) is 6.75. The van der Waals surface area contributed by atoms with Gasteiger partial charge in [-0.15, -0.1) is 11.3 Å². The minimum Gasteiger partial charge on any atom is -0.383 e. The van der Waals surface area contributed by atoms with E-state index in [9.17, 15) is 10.1 Å². The fraction of sp³-hybridized carbons (Fsp3) is 0.545. The van der Waals surface area contributed by atoms with Crippen molar-refractivity contribution >= 4 is 17.1 Å². The van der Waals surface area contributed by atoms with Crippen LogP contribution in [0.3, 0.4) is 0 Å². The van der Waals surface area contributed by atoms with Crippen molar-refractivity contribution in [2.45, 2.75) is 58.8 Å². The molecule has 0 fully saturated rings. The quantitative estimate of drug-likeness (QED) is 0.806. The highest BCUT2D eigenvalue weighted by atomic mass is 32.1. The van der Waals surface area contributed by atoms with Gasteiger partial charge in [0.25, 0.3) is 0 Å². The summed E-state index contributed by atoms with van der Waals surface area (Å²) >= 11 is 1.68. The summed E-state index contributed by atoms with van der Waals surface area (Å²) < 4.78 is 0. The summed E-state index contributed by atoms with van der Waals surface area (Å²) in [5.41, 5.74) is 8.51. The van der Waals surface area contributed by atoms with E-state index in [2.05, 4.69) is 52.8 Å². The number of nitrogens with zero attached hydrogens (tertiary/aromatic N) is 3.